The smallest absolute Gasteiger partial charge is 0.255 e. The summed E-state index contributed by atoms with van der Waals surface area (Å²) in [7, 11) is 0. The minimum absolute atomic E-state index is 0.0498. The van der Waals surface area contributed by atoms with Gasteiger partial charge in [0, 0.05) is 11.9 Å². The Hall–Kier alpha value is -1.03. The van der Waals surface area contributed by atoms with Crippen molar-refractivity contribution in [2.24, 2.45) is 11.8 Å². The van der Waals surface area contributed by atoms with Gasteiger partial charge in [0.25, 0.3) is 5.91 Å². The number of aryl methyl sites for hydroxylation is 1. The molecule has 0 bridgehead atoms. The van der Waals surface area contributed by atoms with Crippen LogP contribution < -0.4 is 5.32 Å². The Bertz CT molecular complexity index is 476. The van der Waals surface area contributed by atoms with Gasteiger partial charge in [0.05, 0.1) is 5.56 Å². The molecule has 3 nitrogen and oxygen atoms in total. The van der Waals surface area contributed by atoms with Crippen molar-refractivity contribution in [3.05, 3.63) is 29.3 Å². The van der Waals surface area contributed by atoms with Crippen LogP contribution in [0.2, 0.25) is 0 Å². The number of phenols is 1. The zero-order valence-electron chi connectivity index (χ0n) is 11.9. The minimum atomic E-state index is -0.176. The molecule has 0 saturated heterocycles. The number of carbonyl (C=O) groups excluding carboxylic acids is 1. The van der Waals surface area contributed by atoms with Crippen LogP contribution in [0.1, 0.15) is 41.6 Å². The third-order valence-electron chi connectivity index (χ3n) is 4.19. The summed E-state index contributed by atoms with van der Waals surface area (Å²) in [6.45, 7) is 2.61. The van der Waals surface area contributed by atoms with E-state index in [1.807, 2.05) is 6.92 Å². The normalized spacial score (nSPS) is 22.5. The highest BCUT2D eigenvalue weighted by Crippen LogP contribution is 2.31. The van der Waals surface area contributed by atoms with Crippen molar-refractivity contribution in [3.8, 4) is 5.75 Å². The topological polar surface area (TPSA) is 49.3 Å². The van der Waals surface area contributed by atoms with Crippen molar-refractivity contribution in [2.45, 2.75) is 32.6 Å². The predicted octanol–water partition coefficient (Wildman–Crippen LogP) is 3.63. The lowest BCUT2D eigenvalue weighted by molar-refractivity contribution is 0.0934. The molecule has 0 aromatic heterocycles. The molecular formula is C16H22BrNO2. The van der Waals surface area contributed by atoms with Gasteiger partial charge < -0.3 is 10.4 Å². The molecule has 0 heterocycles. The molecule has 2 atom stereocenters. The first-order chi connectivity index (χ1) is 9.61. The Kier molecular flexibility index (Phi) is 5.46. The lowest BCUT2D eigenvalue weighted by Crippen LogP contribution is -2.34. The number of alkyl halides is 1. The average molecular weight is 340 g/mol. The van der Waals surface area contributed by atoms with Gasteiger partial charge >= 0.3 is 0 Å². The Balaban J connectivity index is 1.96. The molecule has 1 aliphatic rings. The summed E-state index contributed by atoms with van der Waals surface area (Å²) < 4.78 is 0. The maximum Gasteiger partial charge on any atom is 0.255 e. The van der Waals surface area contributed by atoms with E-state index in [1.54, 1.807) is 18.2 Å². The maximum absolute atomic E-state index is 12.2. The molecule has 2 rings (SSSR count). The minimum Gasteiger partial charge on any atom is -0.507 e. The molecule has 1 aliphatic carbocycles. The molecule has 20 heavy (non-hydrogen) atoms. The molecule has 2 N–H and O–H groups in total. The number of phenolic OH excluding ortho intramolecular Hbond substituents is 1. The van der Waals surface area contributed by atoms with E-state index in [2.05, 4.69) is 21.2 Å². The van der Waals surface area contributed by atoms with E-state index >= 15 is 0 Å². The monoisotopic (exact) mass is 339 g/mol. The van der Waals surface area contributed by atoms with Crippen molar-refractivity contribution < 1.29 is 9.90 Å². The van der Waals surface area contributed by atoms with Gasteiger partial charge in [-0.3, -0.25) is 4.79 Å². The van der Waals surface area contributed by atoms with E-state index in [0.29, 0.717) is 23.9 Å². The van der Waals surface area contributed by atoms with E-state index in [1.165, 1.54) is 25.7 Å². The van der Waals surface area contributed by atoms with Crippen LogP contribution >= 0.6 is 15.9 Å². The van der Waals surface area contributed by atoms with E-state index < -0.39 is 0 Å². The van der Waals surface area contributed by atoms with Crippen LogP contribution in [-0.4, -0.2) is 22.9 Å². The number of amides is 1. The number of hydrogen-bond donors (Lipinski definition) is 2. The summed E-state index contributed by atoms with van der Waals surface area (Å²) in [5, 5.41) is 13.8. The van der Waals surface area contributed by atoms with Gasteiger partial charge in [0.1, 0.15) is 5.75 Å². The fourth-order valence-corrected chi connectivity index (χ4v) is 3.76. The highest BCUT2D eigenvalue weighted by Gasteiger charge is 2.24. The van der Waals surface area contributed by atoms with E-state index in [-0.39, 0.29) is 11.7 Å². The maximum atomic E-state index is 12.2. The standard InChI is InChI=1S/C16H22BrNO2/c1-11-6-7-15(19)14(8-11)16(20)18-10-13-5-3-2-4-12(13)9-17/h6-8,12-13,19H,2-5,9-10H2,1H3,(H,18,20). The summed E-state index contributed by atoms with van der Waals surface area (Å²) in [6, 6.07) is 5.10. The zero-order chi connectivity index (χ0) is 14.5. The molecule has 110 valence electrons. The van der Waals surface area contributed by atoms with Crippen LogP contribution in [0, 0.1) is 18.8 Å². The van der Waals surface area contributed by atoms with Crippen LogP contribution in [0.4, 0.5) is 0 Å². The largest absolute Gasteiger partial charge is 0.507 e. The van der Waals surface area contributed by atoms with Gasteiger partial charge in [-0.1, -0.05) is 40.4 Å². The number of rotatable bonds is 4. The Morgan fingerprint density at radius 2 is 2.05 bits per heavy atom. The third-order valence-corrected chi connectivity index (χ3v) is 5.02. The predicted molar refractivity (Wildman–Crippen MR) is 84.4 cm³/mol. The molecule has 1 aromatic rings. The number of nitrogens with one attached hydrogen (secondary N) is 1. The number of aromatic hydroxyl groups is 1. The highest BCUT2D eigenvalue weighted by molar-refractivity contribution is 9.09. The van der Waals surface area contributed by atoms with E-state index in [0.717, 1.165) is 10.9 Å². The van der Waals surface area contributed by atoms with Crippen molar-refractivity contribution in [1.29, 1.82) is 0 Å². The van der Waals surface area contributed by atoms with E-state index in [9.17, 15) is 9.90 Å². The van der Waals surface area contributed by atoms with Crippen molar-refractivity contribution in [3.63, 3.8) is 0 Å². The first-order valence-electron chi connectivity index (χ1n) is 7.25. The van der Waals surface area contributed by atoms with Gasteiger partial charge in [-0.25, -0.2) is 0 Å². The average Bonchev–Trinajstić information content (AvgIpc) is 2.47. The number of carbonyl (C=O) groups is 1. The Morgan fingerprint density at radius 3 is 2.75 bits per heavy atom. The van der Waals surface area contributed by atoms with Gasteiger partial charge in [0.15, 0.2) is 0 Å². The number of halogens is 1. The number of benzene rings is 1. The van der Waals surface area contributed by atoms with Crippen LogP contribution in [0.15, 0.2) is 18.2 Å². The van der Waals surface area contributed by atoms with Gasteiger partial charge in [-0.15, -0.1) is 0 Å². The zero-order valence-corrected chi connectivity index (χ0v) is 13.4. The number of hydrogen-bond acceptors (Lipinski definition) is 2. The first kappa shape index (κ1) is 15.4. The molecule has 0 radical (unpaired) electrons. The quantitative estimate of drug-likeness (QED) is 0.823. The van der Waals surface area contributed by atoms with Crippen LogP contribution in [0.25, 0.3) is 0 Å². The van der Waals surface area contributed by atoms with Gasteiger partial charge in [-0.2, -0.15) is 0 Å². The molecule has 1 amide bonds. The highest BCUT2D eigenvalue weighted by atomic mass is 79.9. The molecular weight excluding hydrogens is 318 g/mol. The molecule has 2 unspecified atom stereocenters. The van der Waals surface area contributed by atoms with Crippen molar-refractivity contribution in [1.82, 2.24) is 5.32 Å². The molecule has 1 aromatic carbocycles. The Morgan fingerprint density at radius 1 is 1.35 bits per heavy atom. The second kappa shape index (κ2) is 7.11. The van der Waals surface area contributed by atoms with E-state index in [4.69, 9.17) is 0 Å². The van der Waals surface area contributed by atoms with Gasteiger partial charge in [0.2, 0.25) is 0 Å². The summed E-state index contributed by atoms with van der Waals surface area (Å²) in [5.41, 5.74) is 1.35. The summed E-state index contributed by atoms with van der Waals surface area (Å²) >= 11 is 3.57. The SMILES string of the molecule is Cc1ccc(O)c(C(=O)NCC2CCCCC2CBr)c1. The van der Waals surface area contributed by atoms with Crippen molar-refractivity contribution in [2.75, 3.05) is 11.9 Å². The molecule has 4 heteroatoms. The van der Waals surface area contributed by atoms with Crippen LogP contribution in [0.5, 0.6) is 5.75 Å². The summed E-state index contributed by atoms with van der Waals surface area (Å²) in [6.07, 6.45) is 4.96. The van der Waals surface area contributed by atoms with Crippen molar-refractivity contribution >= 4 is 21.8 Å². The lowest BCUT2D eigenvalue weighted by Gasteiger charge is -2.30. The van der Waals surface area contributed by atoms with Gasteiger partial charge in [-0.05, 0) is 43.7 Å². The summed E-state index contributed by atoms with van der Waals surface area (Å²) in [5.74, 6) is 1.06. The Labute approximate surface area is 128 Å². The lowest BCUT2D eigenvalue weighted by atomic mass is 9.80. The molecule has 1 saturated carbocycles. The molecule has 0 spiro atoms. The summed E-state index contributed by atoms with van der Waals surface area (Å²) in [4.78, 5) is 12.2. The fraction of sp³-hybridized carbons (Fsp3) is 0.562. The third kappa shape index (κ3) is 3.75. The van der Waals surface area contributed by atoms with Crippen LogP contribution in [0.3, 0.4) is 0 Å². The fourth-order valence-electron chi connectivity index (χ4n) is 2.91. The second-order valence-corrected chi connectivity index (χ2v) is 6.34. The first-order valence-corrected chi connectivity index (χ1v) is 8.37. The van der Waals surface area contributed by atoms with Crippen LogP contribution in [-0.2, 0) is 0 Å². The molecule has 0 aliphatic heterocycles. The molecule has 1 fully saturated rings. The second-order valence-electron chi connectivity index (χ2n) is 5.69.